The summed E-state index contributed by atoms with van der Waals surface area (Å²) < 4.78 is 6.63. The van der Waals surface area contributed by atoms with Crippen LogP contribution in [0.5, 0.6) is 0 Å². The lowest BCUT2D eigenvalue weighted by Crippen LogP contribution is -2.34. The molecule has 1 aromatic carbocycles. The molecule has 31 heavy (non-hydrogen) atoms. The van der Waals surface area contributed by atoms with Gasteiger partial charge < -0.3 is 15.5 Å². The van der Waals surface area contributed by atoms with Gasteiger partial charge in [-0.2, -0.15) is 0 Å². The van der Waals surface area contributed by atoms with Crippen molar-refractivity contribution in [2.24, 2.45) is 11.7 Å². The van der Waals surface area contributed by atoms with Gasteiger partial charge in [-0.25, -0.2) is 0 Å². The summed E-state index contributed by atoms with van der Waals surface area (Å²) >= 11 is 10.2. The van der Waals surface area contributed by atoms with E-state index in [9.17, 15) is 9.59 Å². The van der Waals surface area contributed by atoms with E-state index in [0.29, 0.717) is 22.2 Å². The molecule has 0 saturated carbocycles. The molecule has 4 rings (SSSR count). The third-order valence-corrected chi connectivity index (χ3v) is 7.07. The van der Waals surface area contributed by atoms with Gasteiger partial charge in [0.05, 0.1) is 5.56 Å². The number of halogens is 1. The minimum atomic E-state index is -0.492. The zero-order valence-electron chi connectivity index (χ0n) is 16.7. The molecular weight excluding hydrogens is 498 g/mol. The second kappa shape index (κ2) is 8.94. The first-order valence-electron chi connectivity index (χ1n) is 9.74. The normalized spacial score (nSPS) is 15.2. The maximum atomic E-state index is 12.6. The summed E-state index contributed by atoms with van der Waals surface area (Å²) in [6, 6.07) is 10.9. The molecular formula is C22H20BrN3O3S2. The summed E-state index contributed by atoms with van der Waals surface area (Å²) in [4.78, 5) is 25.8. The molecule has 2 aromatic heterocycles. The smallest absolute Gasteiger partial charge is 0.293 e. The molecule has 0 saturated heterocycles. The Hall–Kier alpha value is -2.49. The zero-order valence-corrected chi connectivity index (χ0v) is 19.9. The maximum absolute atomic E-state index is 12.6. The van der Waals surface area contributed by atoms with Crippen molar-refractivity contribution in [3.05, 3.63) is 62.6 Å². The predicted octanol–water partition coefficient (Wildman–Crippen LogP) is 5.12. The molecule has 1 atom stereocenters. The van der Waals surface area contributed by atoms with Crippen LogP contribution in [-0.4, -0.2) is 16.9 Å². The number of nitrogens with one attached hydrogen (secondary N) is 2. The third-order valence-electron chi connectivity index (χ3n) is 5.17. The minimum absolute atomic E-state index is 0.0840. The Balaban J connectivity index is 1.46. The van der Waals surface area contributed by atoms with Crippen molar-refractivity contribution in [3.63, 3.8) is 0 Å². The second-order valence-electron chi connectivity index (χ2n) is 7.50. The van der Waals surface area contributed by atoms with Crippen molar-refractivity contribution in [1.29, 1.82) is 0 Å². The summed E-state index contributed by atoms with van der Waals surface area (Å²) in [7, 11) is 0. The molecule has 0 spiro atoms. The third kappa shape index (κ3) is 4.73. The van der Waals surface area contributed by atoms with Crippen molar-refractivity contribution >= 4 is 61.4 Å². The number of fused-ring (bicyclic) bond motifs is 1. The first kappa shape index (κ1) is 21.7. The molecule has 0 bridgehead atoms. The monoisotopic (exact) mass is 517 g/mol. The average Bonchev–Trinajstić information content (AvgIpc) is 3.33. The Kier molecular flexibility index (Phi) is 6.27. The Morgan fingerprint density at radius 3 is 2.68 bits per heavy atom. The van der Waals surface area contributed by atoms with E-state index in [4.69, 9.17) is 22.4 Å². The molecule has 4 N–H and O–H groups in total. The number of carbonyl (C=O) groups excluding carboxylic acids is 2. The number of anilines is 1. The molecule has 1 aliphatic rings. The van der Waals surface area contributed by atoms with E-state index in [1.807, 2.05) is 24.3 Å². The van der Waals surface area contributed by atoms with Crippen LogP contribution in [0.25, 0.3) is 11.3 Å². The van der Waals surface area contributed by atoms with Gasteiger partial charge in [0.25, 0.3) is 11.8 Å². The highest BCUT2D eigenvalue weighted by atomic mass is 79.9. The maximum Gasteiger partial charge on any atom is 0.293 e. The highest BCUT2D eigenvalue weighted by molar-refractivity contribution is 9.10. The summed E-state index contributed by atoms with van der Waals surface area (Å²) in [5.74, 6) is 0.305. The van der Waals surface area contributed by atoms with E-state index >= 15 is 0 Å². The summed E-state index contributed by atoms with van der Waals surface area (Å²) in [6.45, 7) is 2.19. The number of thiophene rings is 1. The molecule has 0 radical (unpaired) electrons. The van der Waals surface area contributed by atoms with E-state index in [2.05, 4.69) is 33.5 Å². The highest BCUT2D eigenvalue weighted by Crippen LogP contribution is 2.39. The van der Waals surface area contributed by atoms with Gasteiger partial charge in [0.1, 0.15) is 10.8 Å². The predicted molar refractivity (Wildman–Crippen MR) is 130 cm³/mol. The fourth-order valence-electron chi connectivity index (χ4n) is 3.63. The molecule has 6 nitrogen and oxygen atoms in total. The van der Waals surface area contributed by atoms with Crippen LogP contribution < -0.4 is 16.4 Å². The molecule has 1 unspecified atom stereocenters. The molecule has 3 aromatic rings. The molecule has 9 heteroatoms. The standard InChI is InChI=1S/C22H20BrN3O3S2/c1-11-2-7-14-17(10-11)31-21(18(14)19(24)27)26-22(30)25-20(28)16-9-8-15(29-16)12-3-5-13(23)6-4-12/h3-6,8-9,11H,2,7,10H2,1H3,(H2,24,27)(H2,25,26,28,30). The zero-order chi connectivity index (χ0) is 22.1. The van der Waals surface area contributed by atoms with Crippen LogP contribution in [0.15, 0.2) is 45.3 Å². The van der Waals surface area contributed by atoms with Crippen LogP contribution >= 0.6 is 39.5 Å². The van der Waals surface area contributed by atoms with Crippen molar-refractivity contribution < 1.29 is 14.0 Å². The fourth-order valence-corrected chi connectivity index (χ4v) is 5.57. The second-order valence-corrected chi connectivity index (χ2v) is 9.93. The lowest BCUT2D eigenvalue weighted by atomic mass is 9.88. The van der Waals surface area contributed by atoms with E-state index < -0.39 is 11.8 Å². The van der Waals surface area contributed by atoms with E-state index in [1.165, 1.54) is 11.3 Å². The average molecular weight is 518 g/mol. The van der Waals surface area contributed by atoms with Crippen LogP contribution in [0.2, 0.25) is 0 Å². The fraction of sp³-hybridized carbons (Fsp3) is 0.227. The summed E-state index contributed by atoms with van der Waals surface area (Å²) in [5.41, 5.74) is 7.96. The largest absolute Gasteiger partial charge is 0.451 e. The lowest BCUT2D eigenvalue weighted by Gasteiger charge is -2.18. The van der Waals surface area contributed by atoms with Crippen LogP contribution in [0.1, 0.15) is 44.7 Å². The number of hydrogen-bond acceptors (Lipinski definition) is 5. The van der Waals surface area contributed by atoms with Crippen molar-refractivity contribution in [2.45, 2.75) is 26.2 Å². The number of thiocarbonyl (C=S) groups is 1. The van der Waals surface area contributed by atoms with Crippen molar-refractivity contribution in [1.82, 2.24) is 5.32 Å². The van der Waals surface area contributed by atoms with Crippen molar-refractivity contribution in [2.75, 3.05) is 5.32 Å². The van der Waals surface area contributed by atoms with Crippen LogP contribution in [-0.2, 0) is 12.8 Å². The Bertz CT molecular complexity index is 1170. The van der Waals surface area contributed by atoms with Gasteiger partial charge in [0.15, 0.2) is 10.9 Å². The Morgan fingerprint density at radius 1 is 1.23 bits per heavy atom. The summed E-state index contributed by atoms with van der Waals surface area (Å²) in [5, 5.41) is 6.25. The number of furan rings is 1. The van der Waals surface area contributed by atoms with Crippen LogP contribution in [0, 0.1) is 5.92 Å². The number of nitrogens with two attached hydrogens (primary N) is 1. The van der Waals surface area contributed by atoms with Gasteiger partial charge in [-0.3, -0.25) is 14.9 Å². The quantitative estimate of drug-likeness (QED) is 0.417. The SMILES string of the molecule is CC1CCc2c(sc(NC(=S)NC(=O)c3ccc(-c4ccc(Br)cc4)o3)c2C(N)=O)C1. The molecule has 2 amide bonds. The Morgan fingerprint density at radius 2 is 1.97 bits per heavy atom. The molecule has 2 heterocycles. The van der Waals surface area contributed by atoms with E-state index in [0.717, 1.165) is 39.7 Å². The molecule has 160 valence electrons. The number of rotatable bonds is 4. The number of hydrogen-bond donors (Lipinski definition) is 3. The van der Waals surface area contributed by atoms with Crippen LogP contribution in [0.3, 0.4) is 0 Å². The van der Waals surface area contributed by atoms with E-state index in [1.54, 1.807) is 12.1 Å². The minimum Gasteiger partial charge on any atom is -0.451 e. The van der Waals surface area contributed by atoms with Gasteiger partial charge in [0.2, 0.25) is 0 Å². The lowest BCUT2D eigenvalue weighted by molar-refractivity contribution is 0.0950. The summed E-state index contributed by atoms with van der Waals surface area (Å²) in [6.07, 6.45) is 2.74. The van der Waals surface area contributed by atoms with Gasteiger partial charge in [-0.15, -0.1) is 11.3 Å². The highest BCUT2D eigenvalue weighted by Gasteiger charge is 2.27. The van der Waals surface area contributed by atoms with Gasteiger partial charge >= 0.3 is 0 Å². The molecule has 0 fully saturated rings. The first-order chi connectivity index (χ1) is 14.8. The number of carbonyl (C=O) groups is 2. The molecule has 0 aliphatic heterocycles. The van der Waals surface area contributed by atoms with Gasteiger partial charge in [-0.05, 0) is 67.2 Å². The van der Waals surface area contributed by atoms with Gasteiger partial charge in [0, 0.05) is 14.9 Å². The number of benzene rings is 1. The number of primary amides is 1. The van der Waals surface area contributed by atoms with Crippen LogP contribution in [0.4, 0.5) is 5.00 Å². The van der Waals surface area contributed by atoms with Crippen molar-refractivity contribution in [3.8, 4) is 11.3 Å². The topological polar surface area (TPSA) is 97.4 Å². The Labute approximate surface area is 197 Å². The van der Waals surface area contributed by atoms with Gasteiger partial charge in [-0.1, -0.05) is 35.0 Å². The molecule has 1 aliphatic carbocycles. The number of amides is 2. The first-order valence-corrected chi connectivity index (χ1v) is 11.8. The van der Waals surface area contributed by atoms with E-state index in [-0.39, 0.29) is 10.9 Å².